The lowest BCUT2D eigenvalue weighted by atomic mass is 10.2. The molecule has 92 valence electrons. The molecule has 0 spiro atoms. The number of hydrogen-bond acceptors (Lipinski definition) is 3. The van der Waals surface area contributed by atoms with E-state index in [1.165, 1.54) is 18.2 Å². The Morgan fingerprint density at radius 1 is 1.06 bits per heavy atom. The van der Waals surface area contributed by atoms with Gasteiger partial charge in [-0.25, -0.2) is 0 Å². The van der Waals surface area contributed by atoms with Crippen molar-refractivity contribution in [2.75, 3.05) is 5.32 Å². The predicted molar refractivity (Wildman–Crippen MR) is 69.2 cm³/mol. The molecule has 0 bridgehead atoms. The highest BCUT2D eigenvalue weighted by Crippen LogP contribution is 2.25. The van der Waals surface area contributed by atoms with E-state index in [-0.39, 0.29) is 17.1 Å². The van der Waals surface area contributed by atoms with Crippen molar-refractivity contribution < 1.29 is 15.0 Å². The maximum absolute atomic E-state index is 11.8. The second-order valence-electron chi connectivity index (χ2n) is 3.67. The molecule has 4 nitrogen and oxygen atoms in total. The number of rotatable bonds is 2. The van der Waals surface area contributed by atoms with Crippen molar-refractivity contribution in [3.8, 4) is 11.5 Å². The zero-order chi connectivity index (χ0) is 13.1. The monoisotopic (exact) mass is 263 g/mol. The van der Waals surface area contributed by atoms with Crippen molar-refractivity contribution in [2.24, 2.45) is 0 Å². The first-order chi connectivity index (χ1) is 8.56. The van der Waals surface area contributed by atoms with Crippen molar-refractivity contribution in [2.45, 2.75) is 0 Å². The van der Waals surface area contributed by atoms with Crippen LogP contribution >= 0.6 is 11.6 Å². The maximum Gasteiger partial charge on any atom is 0.255 e. The second-order valence-corrected chi connectivity index (χ2v) is 4.10. The molecule has 18 heavy (non-hydrogen) atoms. The number of hydrogen-bond donors (Lipinski definition) is 3. The van der Waals surface area contributed by atoms with Gasteiger partial charge in [-0.3, -0.25) is 4.79 Å². The number of amides is 1. The lowest BCUT2D eigenvalue weighted by molar-refractivity contribution is 0.102. The number of anilines is 1. The van der Waals surface area contributed by atoms with E-state index in [1.807, 2.05) is 0 Å². The van der Waals surface area contributed by atoms with Crippen LogP contribution in [0.25, 0.3) is 0 Å². The number of carbonyl (C=O) groups is 1. The van der Waals surface area contributed by atoms with Gasteiger partial charge in [0.15, 0.2) is 11.5 Å². The number of phenols is 2. The van der Waals surface area contributed by atoms with Crippen molar-refractivity contribution in [1.29, 1.82) is 0 Å². The molecule has 0 aliphatic rings. The average Bonchev–Trinajstić information content (AvgIpc) is 2.32. The third-order valence-electron chi connectivity index (χ3n) is 2.32. The number of benzene rings is 2. The van der Waals surface area contributed by atoms with Gasteiger partial charge in [0.05, 0.1) is 0 Å². The number of carbonyl (C=O) groups excluding carboxylic acids is 1. The molecular weight excluding hydrogens is 254 g/mol. The molecule has 0 saturated heterocycles. The molecule has 0 atom stereocenters. The zero-order valence-corrected chi connectivity index (χ0v) is 9.98. The topological polar surface area (TPSA) is 69.6 Å². The third-order valence-corrected chi connectivity index (χ3v) is 2.56. The minimum Gasteiger partial charge on any atom is -0.504 e. The SMILES string of the molecule is O=C(Nc1cccc(Cl)c1)c1ccc(O)c(O)c1. The van der Waals surface area contributed by atoms with Crippen LogP contribution < -0.4 is 5.32 Å². The van der Waals surface area contributed by atoms with Gasteiger partial charge in [0.2, 0.25) is 0 Å². The van der Waals surface area contributed by atoms with Gasteiger partial charge in [-0.2, -0.15) is 0 Å². The van der Waals surface area contributed by atoms with E-state index in [4.69, 9.17) is 16.7 Å². The fourth-order valence-electron chi connectivity index (χ4n) is 1.43. The molecule has 0 radical (unpaired) electrons. The molecule has 5 heteroatoms. The fourth-order valence-corrected chi connectivity index (χ4v) is 1.62. The summed E-state index contributed by atoms with van der Waals surface area (Å²) in [5, 5.41) is 21.6. The number of nitrogens with one attached hydrogen (secondary N) is 1. The molecule has 2 aromatic carbocycles. The fraction of sp³-hybridized carbons (Fsp3) is 0. The van der Waals surface area contributed by atoms with Crippen molar-refractivity contribution >= 4 is 23.2 Å². The van der Waals surface area contributed by atoms with Crippen LogP contribution in [0.3, 0.4) is 0 Å². The van der Waals surface area contributed by atoms with Gasteiger partial charge in [0.25, 0.3) is 5.91 Å². The lowest BCUT2D eigenvalue weighted by Gasteiger charge is -2.06. The van der Waals surface area contributed by atoms with Crippen molar-refractivity contribution in [3.63, 3.8) is 0 Å². The Balaban J connectivity index is 2.19. The van der Waals surface area contributed by atoms with E-state index in [0.29, 0.717) is 10.7 Å². The zero-order valence-electron chi connectivity index (χ0n) is 9.22. The van der Waals surface area contributed by atoms with Crippen LogP contribution in [0.4, 0.5) is 5.69 Å². The largest absolute Gasteiger partial charge is 0.504 e. The van der Waals surface area contributed by atoms with E-state index < -0.39 is 5.91 Å². The quantitative estimate of drug-likeness (QED) is 0.730. The summed E-state index contributed by atoms with van der Waals surface area (Å²) >= 11 is 5.80. The van der Waals surface area contributed by atoms with Crippen LogP contribution in [0.15, 0.2) is 42.5 Å². The van der Waals surface area contributed by atoms with Gasteiger partial charge in [0.1, 0.15) is 0 Å². The molecule has 0 aliphatic heterocycles. The van der Waals surface area contributed by atoms with Gasteiger partial charge >= 0.3 is 0 Å². The molecule has 0 aliphatic carbocycles. The summed E-state index contributed by atoms with van der Waals surface area (Å²) in [6, 6.07) is 10.6. The Hall–Kier alpha value is -2.20. The molecule has 2 aromatic rings. The van der Waals surface area contributed by atoms with E-state index in [1.54, 1.807) is 24.3 Å². The minimum atomic E-state index is -0.396. The molecular formula is C13H10ClNO3. The predicted octanol–water partition coefficient (Wildman–Crippen LogP) is 3.00. The summed E-state index contributed by atoms with van der Waals surface area (Å²) in [7, 11) is 0. The molecule has 0 aromatic heterocycles. The van der Waals surface area contributed by atoms with Crippen LogP contribution in [0, 0.1) is 0 Å². The van der Waals surface area contributed by atoms with Gasteiger partial charge in [-0.15, -0.1) is 0 Å². The van der Waals surface area contributed by atoms with Crippen LogP contribution in [0.2, 0.25) is 5.02 Å². The maximum atomic E-state index is 11.8. The Labute approximate surface area is 108 Å². The molecule has 1 amide bonds. The first-order valence-electron chi connectivity index (χ1n) is 5.15. The summed E-state index contributed by atoms with van der Waals surface area (Å²) < 4.78 is 0. The lowest BCUT2D eigenvalue weighted by Crippen LogP contribution is -2.11. The normalized spacial score (nSPS) is 10.1. The van der Waals surface area contributed by atoms with E-state index >= 15 is 0 Å². The number of halogens is 1. The second kappa shape index (κ2) is 4.98. The minimum absolute atomic E-state index is 0.241. The molecule has 0 saturated carbocycles. The van der Waals surface area contributed by atoms with Gasteiger partial charge < -0.3 is 15.5 Å². The number of aromatic hydroxyl groups is 2. The Kier molecular flexibility index (Phi) is 3.39. The molecule has 0 heterocycles. The summed E-state index contributed by atoms with van der Waals surface area (Å²) in [6.07, 6.45) is 0. The summed E-state index contributed by atoms with van der Waals surface area (Å²) in [5.74, 6) is -1.00. The van der Waals surface area contributed by atoms with Gasteiger partial charge in [-0.1, -0.05) is 17.7 Å². The molecule has 2 rings (SSSR count). The van der Waals surface area contributed by atoms with Crippen molar-refractivity contribution in [3.05, 3.63) is 53.1 Å². The summed E-state index contributed by atoms with van der Waals surface area (Å²) in [6.45, 7) is 0. The Morgan fingerprint density at radius 2 is 1.83 bits per heavy atom. The Morgan fingerprint density at radius 3 is 2.50 bits per heavy atom. The van der Waals surface area contributed by atoms with E-state index in [9.17, 15) is 9.90 Å². The molecule has 3 N–H and O–H groups in total. The van der Waals surface area contributed by atoms with Crippen LogP contribution in [-0.2, 0) is 0 Å². The van der Waals surface area contributed by atoms with E-state index in [2.05, 4.69) is 5.32 Å². The average molecular weight is 264 g/mol. The smallest absolute Gasteiger partial charge is 0.255 e. The number of phenolic OH excluding ortho intramolecular Hbond substituents is 2. The first kappa shape index (κ1) is 12.3. The highest BCUT2D eigenvalue weighted by Gasteiger charge is 2.09. The Bertz CT molecular complexity index is 599. The first-order valence-corrected chi connectivity index (χ1v) is 5.53. The molecule has 0 fully saturated rings. The van der Waals surface area contributed by atoms with Crippen LogP contribution in [0.1, 0.15) is 10.4 Å². The molecule has 0 unspecified atom stereocenters. The standard InChI is InChI=1S/C13H10ClNO3/c14-9-2-1-3-10(7-9)15-13(18)8-4-5-11(16)12(17)6-8/h1-7,16-17H,(H,15,18). The summed E-state index contributed by atoms with van der Waals surface area (Å²) in [4.78, 5) is 11.8. The van der Waals surface area contributed by atoms with Gasteiger partial charge in [-0.05, 0) is 36.4 Å². The third kappa shape index (κ3) is 2.73. The van der Waals surface area contributed by atoms with Crippen LogP contribution in [-0.4, -0.2) is 16.1 Å². The summed E-state index contributed by atoms with van der Waals surface area (Å²) in [5.41, 5.74) is 0.797. The van der Waals surface area contributed by atoms with E-state index in [0.717, 1.165) is 0 Å². The van der Waals surface area contributed by atoms with Gasteiger partial charge in [0, 0.05) is 16.3 Å². The highest BCUT2D eigenvalue weighted by atomic mass is 35.5. The van der Waals surface area contributed by atoms with Crippen molar-refractivity contribution in [1.82, 2.24) is 0 Å². The highest BCUT2D eigenvalue weighted by molar-refractivity contribution is 6.30. The van der Waals surface area contributed by atoms with Crippen LogP contribution in [0.5, 0.6) is 11.5 Å².